The Morgan fingerprint density at radius 3 is 2.33 bits per heavy atom. The van der Waals surface area contributed by atoms with Crippen LogP contribution in [0.5, 0.6) is 0 Å². The van der Waals surface area contributed by atoms with Crippen LogP contribution in [0.15, 0.2) is 34.8 Å². The van der Waals surface area contributed by atoms with E-state index in [9.17, 15) is 13.2 Å². The van der Waals surface area contributed by atoms with Crippen molar-refractivity contribution in [1.29, 1.82) is 0 Å². The molecule has 0 aromatic heterocycles. The average molecular weight is 380 g/mol. The predicted molar refractivity (Wildman–Crippen MR) is 79.2 cm³/mol. The van der Waals surface area contributed by atoms with Crippen LogP contribution in [0, 0.1) is 17.5 Å². The van der Waals surface area contributed by atoms with Crippen LogP contribution in [0.25, 0.3) is 0 Å². The topological polar surface area (TPSA) is 38.0 Å². The van der Waals surface area contributed by atoms with Gasteiger partial charge in [0.05, 0.1) is 11.1 Å². The maximum atomic E-state index is 14.2. The largest absolute Gasteiger partial charge is 0.271 e. The minimum Gasteiger partial charge on any atom is -0.271 e. The predicted octanol–water partition coefficient (Wildman–Crippen LogP) is 4.27. The molecule has 3 N–H and O–H groups in total. The van der Waals surface area contributed by atoms with Crippen molar-refractivity contribution in [3.05, 3.63) is 68.4 Å². The molecule has 112 valence electrons. The van der Waals surface area contributed by atoms with E-state index in [-0.39, 0.29) is 22.6 Å². The molecule has 0 aliphatic rings. The smallest absolute Gasteiger partial charge is 0.147 e. The molecule has 0 aliphatic heterocycles. The third kappa shape index (κ3) is 3.40. The second-order valence-corrected chi connectivity index (χ2v) is 5.62. The van der Waals surface area contributed by atoms with Crippen LogP contribution in [0.3, 0.4) is 0 Å². The summed E-state index contributed by atoms with van der Waals surface area (Å²) in [7, 11) is 0. The molecule has 0 spiro atoms. The van der Waals surface area contributed by atoms with Gasteiger partial charge in [0, 0.05) is 15.6 Å². The van der Waals surface area contributed by atoms with Crippen molar-refractivity contribution in [2.24, 2.45) is 5.84 Å². The van der Waals surface area contributed by atoms with Gasteiger partial charge in [-0.25, -0.2) is 13.2 Å². The van der Waals surface area contributed by atoms with E-state index in [2.05, 4.69) is 21.4 Å². The van der Waals surface area contributed by atoms with Gasteiger partial charge in [-0.15, -0.1) is 0 Å². The minimum absolute atomic E-state index is 0.109. The van der Waals surface area contributed by atoms with Gasteiger partial charge in [-0.05, 0) is 40.5 Å². The number of halogens is 5. The lowest BCUT2D eigenvalue weighted by molar-refractivity contribution is 0.480. The van der Waals surface area contributed by atoms with E-state index in [0.29, 0.717) is 4.47 Å². The number of nitrogens with two attached hydrogens (primary N) is 1. The molecular weight excluding hydrogens is 369 g/mol. The van der Waals surface area contributed by atoms with E-state index < -0.39 is 23.5 Å². The number of benzene rings is 2. The van der Waals surface area contributed by atoms with Gasteiger partial charge in [-0.2, -0.15) is 0 Å². The van der Waals surface area contributed by atoms with Crippen LogP contribution in [0.4, 0.5) is 13.2 Å². The molecule has 2 aromatic carbocycles. The highest BCUT2D eigenvalue weighted by Crippen LogP contribution is 2.32. The number of rotatable bonds is 4. The Morgan fingerprint density at radius 1 is 1.14 bits per heavy atom. The second-order valence-electron chi connectivity index (χ2n) is 4.39. The molecule has 0 saturated carbocycles. The standard InChI is InChI=1S/C14H11BrClF3N2/c15-9-5-4-7(14(19)13(9)16)12(21-20)6-8-10(17)2-1-3-11(8)18/h1-5,12,21H,6,20H2. The third-order valence-electron chi connectivity index (χ3n) is 3.11. The van der Waals surface area contributed by atoms with Gasteiger partial charge >= 0.3 is 0 Å². The van der Waals surface area contributed by atoms with Crippen molar-refractivity contribution >= 4 is 27.5 Å². The molecular formula is C14H11BrClF3N2. The van der Waals surface area contributed by atoms with Crippen LogP contribution in [0.2, 0.25) is 5.02 Å². The first-order valence-corrected chi connectivity index (χ1v) is 7.15. The molecule has 2 rings (SSSR count). The molecule has 0 heterocycles. The molecule has 0 aliphatic carbocycles. The molecule has 1 atom stereocenters. The van der Waals surface area contributed by atoms with E-state index >= 15 is 0 Å². The lowest BCUT2D eigenvalue weighted by atomic mass is 9.98. The number of hydrogen-bond donors (Lipinski definition) is 2. The molecule has 0 bridgehead atoms. The highest BCUT2D eigenvalue weighted by Gasteiger charge is 2.21. The zero-order valence-corrected chi connectivity index (χ0v) is 13.0. The number of hydrazine groups is 1. The van der Waals surface area contributed by atoms with Crippen LogP contribution in [-0.2, 0) is 6.42 Å². The van der Waals surface area contributed by atoms with Gasteiger partial charge in [0.15, 0.2) is 0 Å². The van der Waals surface area contributed by atoms with Crippen molar-refractivity contribution in [2.45, 2.75) is 12.5 Å². The van der Waals surface area contributed by atoms with Crippen molar-refractivity contribution in [1.82, 2.24) is 5.43 Å². The first kappa shape index (κ1) is 16.3. The van der Waals surface area contributed by atoms with E-state index in [0.717, 1.165) is 12.1 Å². The average Bonchev–Trinajstić information content (AvgIpc) is 2.46. The van der Waals surface area contributed by atoms with Gasteiger partial charge in [-0.3, -0.25) is 11.3 Å². The van der Waals surface area contributed by atoms with Gasteiger partial charge in [0.25, 0.3) is 0 Å². The normalized spacial score (nSPS) is 12.5. The van der Waals surface area contributed by atoms with E-state index in [1.165, 1.54) is 12.1 Å². The Labute approximate surface area is 133 Å². The van der Waals surface area contributed by atoms with Crippen molar-refractivity contribution in [2.75, 3.05) is 0 Å². The quantitative estimate of drug-likeness (QED) is 0.473. The molecule has 0 fully saturated rings. The Morgan fingerprint density at radius 2 is 1.76 bits per heavy atom. The molecule has 2 nitrogen and oxygen atoms in total. The molecule has 0 amide bonds. The molecule has 7 heteroatoms. The van der Waals surface area contributed by atoms with Crippen molar-refractivity contribution in [3.63, 3.8) is 0 Å². The Kier molecular flexibility index (Phi) is 5.27. The summed E-state index contributed by atoms with van der Waals surface area (Å²) in [6.45, 7) is 0. The summed E-state index contributed by atoms with van der Waals surface area (Å²) in [5, 5.41) is -0.109. The fraction of sp³-hybridized carbons (Fsp3) is 0.143. The highest BCUT2D eigenvalue weighted by molar-refractivity contribution is 9.10. The highest BCUT2D eigenvalue weighted by atomic mass is 79.9. The summed E-state index contributed by atoms with van der Waals surface area (Å²) < 4.78 is 41.9. The van der Waals surface area contributed by atoms with Gasteiger partial charge in [0.1, 0.15) is 17.5 Å². The fourth-order valence-electron chi connectivity index (χ4n) is 2.00. The van der Waals surface area contributed by atoms with Crippen LogP contribution in [0.1, 0.15) is 17.2 Å². The van der Waals surface area contributed by atoms with Crippen molar-refractivity contribution in [3.8, 4) is 0 Å². The zero-order valence-electron chi connectivity index (χ0n) is 10.6. The third-order valence-corrected chi connectivity index (χ3v) is 4.37. The van der Waals surface area contributed by atoms with E-state index in [4.69, 9.17) is 17.4 Å². The Balaban J connectivity index is 2.40. The fourth-order valence-corrected chi connectivity index (χ4v) is 2.48. The molecule has 2 aromatic rings. The monoisotopic (exact) mass is 378 g/mol. The minimum atomic E-state index is -0.818. The Bertz CT molecular complexity index is 647. The SMILES string of the molecule is NNC(Cc1c(F)cccc1F)c1ccc(Br)c(Cl)c1F. The first-order valence-electron chi connectivity index (χ1n) is 5.98. The molecule has 0 radical (unpaired) electrons. The lowest BCUT2D eigenvalue weighted by Crippen LogP contribution is -2.30. The first-order chi connectivity index (χ1) is 9.95. The summed E-state index contributed by atoms with van der Waals surface area (Å²) in [5.41, 5.74) is 2.33. The summed E-state index contributed by atoms with van der Waals surface area (Å²) in [5.74, 6) is 3.29. The second kappa shape index (κ2) is 6.79. The number of hydrogen-bond acceptors (Lipinski definition) is 2. The lowest BCUT2D eigenvalue weighted by Gasteiger charge is -2.18. The maximum absolute atomic E-state index is 14.2. The summed E-state index contributed by atoms with van der Waals surface area (Å²) >= 11 is 8.91. The summed E-state index contributed by atoms with van der Waals surface area (Å²) in [4.78, 5) is 0. The van der Waals surface area contributed by atoms with E-state index in [1.54, 1.807) is 6.07 Å². The molecule has 0 saturated heterocycles. The summed E-state index contributed by atoms with van der Waals surface area (Å²) in [6.07, 6.45) is -0.149. The molecule has 1 unspecified atom stereocenters. The van der Waals surface area contributed by atoms with Crippen LogP contribution < -0.4 is 11.3 Å². The maximum Gasteiger partial charge on any atom is 0.147 e. The van der Waals surface area contributed by atoms with Gasteiger partial charge in [0.2, 0.25) is 0 Å². The van der Waals surface area contributed by atoms with Crippen LogP contribution >= 0.6 is 27.5 Å². The Hall–Kier alpha value is -1.08. The van der Waals surface area contributed by atoms with Gasteiger partial charge in [-0.1, -0.05) is 23.7 Å². The van der Waals surface area contributed by atoms with Gasteiger partial charge < -0.3 is 0 Å². The molecule has 21 heavy (non-hydrogen) atoms. The summed E-state index contributed by atoms with van der Waals surface area (Å²) in [6, 6.07) is 5.71. The van der Waals surface area contributed by atoms with Crippen LogP contribution in [-0.4, -0.2) is 0 Å². The van der Waals surface area contributed by atoms with Crippen molar-refractivity contribution < 1.29 is 13.2 Å². The van der Waals surface area contributed by atoms with E-state index in [1.807, 2.05) is 0 Å². The number of nitrogens with one attached hydrogen (secondary N) is 1. The zero-order chi connectivity index (χ0) is 15.6.